The average Bonchev–Trinajstić information content (AvgIpc) is 2.93. The van der Waals surface area contributed by atoms with Crippen molar-refractivity contribution in [3.63, 3.8) is 0 Å². The fraction of sp³-hybridized carbons (Fsp3) is 0.800. The second-order valence-electron chi connectivity index (χ2n) is 9.63. The summed E-state index contributed by atoms with van der Waals surface area (Å²) in [6.07, 6.45) is 3.31. The Hall–Kier alpha value is -0.810. The van der Waals surface area contributed by atoms with Crippen molar-refractivity contribution in [1.82, 2.24) is 9.97 Å². The third-order valence-electron chi connectivity index (χ3n) is 5.08. The van der Waals surface area contributed by atoms with E-state index in [-0.39, 0.29) is 16.4 Å². The largest absolute Gasteiger partial charge is 0.374 e. The molecule has 0 aliphatic carbocycles. The molecular weight excluding hydrogens is 330 g/mol. The van der Waals surface area contributed by atoms with Crippen LogP contribution in [0.3, 0.4) is 0 Å². The Labute approximate surface area is 156 Å². The first-order valence-corrected chi connectivity index (χ1v) is 10.6. The maximum Gasteiger partial charge on any atom is 0.136 e. The number of anilines is 1. The number of nitrogens with one attached hydrogen (secondary N) is 1. The number of hydrogen-bond donors (Lipinski definition) is 1. The minimum absolute atomic E-state index is 0.0123. The van der Waals surface area contributed by atoms with Gasteiger partial charge in [-0.15, -0.1) is 0 Å². The van der Waals surface area contributed by atoms with Gasteiger partial charge in [0.2, 0.25) is 0 Å². The highest BCUT2D eigenvalue weighted by Crippen LogP contribution is 2.39. The van der Waals surface area contributed by atoms with Crippen LogP contribution in [0.25, 0.3) is 0 Å². The van der Waals surface area contributed by atoms with Crippen LogP contribution in [-0.4, -0.2) is 39.7 Å². The Morgan fingerprint density at radius 1 is 1.16 bits per heavy atom. The second kappa shape index (κ2) is 6.73. The number of hydrogen-bond acceptors (Lipinski definition) is 5. The van der Waals surface area contributed by atoms with E-state index in [2.05, 4.69) is 52.9 Å². The lowest BCUT2D eigenvalue weighted by molar-refractivity contribution is -0.0628. The van der Waals surface area contributed by atoms with E-state index in [9.17, 15) is 0 Å². The van der Waals surface area contributed by atoms with Gasteiger partial charge < -0.3 is 10.1 Å². The van der Waals surface area contributed by atoms with E-state index in [1.165, 1.54) is 12.2 Å². The minimum atomic E-state index is -0.0588. The fourth-order valence-electron chi connectivity index (χ4n) is 3.46. The van der Waals surface area contributed by atoms with Crippen molar-refractivity contribution in [1.29, 1.82) is 0 Å². The van der Waals surface area contributed by atoms with Gasteiger partial charge in [-0.2, -0.15) is 11.8 Å². The quantitative estimate of drug-likeness (QED) is 0.836. The highest BCUT2D eigenvalue weighted by Gasteiger charge is 2.40. The Kier molecular flexibility index (Phi) is 5.11. The molecule has 1 aromatic rings. The molecule has 0 bridgehead atoms. The lowest BCUT2D eigenvalue weighted by Gasteiger charge is -2.38. The molecule has 2 saturated heterocycles. The summed E-state index contributed by atoms with van der Waals surface area (Å²) in [5.74, 6) is 4.25. The van der Waals surface area contributed by atoms with Crippen molar-refractivity contribution in [3.8, 4) is 0 Å². The molecule has 5 heteroatoms. The van der Waals surface area contributed by atoms with E-state index >= 15 is 0 Å². The van der Waals surface area contributed by atoms with Gasteiger partial charge in [-0.05, 0) is 25.0 Å². The molecule has 0 amide bonds. The van der Waals surface area contributed by atoms with Crippen molar-refractivity contribution < 1.29 is 4.74 Å². The van der Waals surface area contributed by atoms with E-state index in [1.807, 2.05) is 11.8 Å². The maximum absolute atomic E-state index is 6.16. The normalized spacial score (nSPS) is 27.7. The lowest BCUT2D eigenvalue weighted by atomic mass is 9.89. The molecule has 2 fully saturated rings. The summed E-state index contributed by atoms with van der Waals surface area (Å²) in [5, 5.41) is 3.72. The smallest absolute Gasteiger partial charge is 0.136 e. The minimum Gasteiger partial charge on any atom is -0.374 e. The maximum atomic E-state index is 6.16. The van der Waals surface area contributed by atoms with Crippen LogP contribution in [0.15, 0.2) is 6.07 Å². The number of ether oxygens (including phenoxy) is 1. The van der Waals surface area contributed by atoms with Crippen LogP contribution >= 0.6 is 11.8 Å². The van der Waals surface area contributed by atoms with Crippen LogP contribution in [0, 0.1) is 0 Å². The van der Waals surface area contributed by atoms with Gasteiger partial charge in [0, 0.05) is 35.3 Å². The van der Waals surface area contributed by atoms with Gasteiger partial charge in [-0.25, -0.2) is 9.97 Å². The van der Waals surface area contributed by atoms with E-state index in [0.717, 1.165) is 42.5 Å². The number of thioether (sulfide) groups is 1. The topological polar surface area (TPSA) is 47.0 Å². The van der Waals surface area contributed by atoms with Crippen LogP contribution in [0.4, 0.5) is 5.82 Å². The SMILES string of the molecule is CC(C)(C)c1cc(NC2CCOC3(CCSC3)C2)nc(C(C)(C)C)n1. The van der Waals surface area contributed by atoms with Crippen molar-refractivity contribution >= 4 is 17.6 Å². The van der Waals surface area contributed by atoms with E-state index < -0.39 is 0 Å². The number of aromatic nitrogens is 2. The zero-order valence-corrected chi connectivity index (χ0v) is 17.4. The van der Waals surface area contributed by atoms with Crippen LogP contribution < -0.4 is 5.32 Å². The first-order valence-electron chi connectivity index (χ1n) is 9.46. The molecule has 3 rings (SSSR count). The van der Waals surface area contributed by atoms with Crippen molar-refractivity contribution in [2.45, 2.75) is 83.3 Å². The molecule has 2 atom stereocenters. The Morgan fingerprint density at radius 3 is 2.52 bits per heavy atom. The molecule has 25 heavy (non-hydrogen) atoms. The molecule has 3 heterocycles. The molecule has 4 nitrogen and oxygen atoms in total. The van der Waals surface area contributed by atoms with Crippen molar-refractivity contribution in [2.75, 3.05) is 23.4 Å². The van der Waals surface area contributed by atoms with Gasteiger partial charge in [0.05, 0.1) is 11.3 Å². The zero-order valence-electron chi connectivity index (χ0n) is 16.6. The standard InChI is InChI=1S/C20H33N3OS/c1-18(2,3)15-11-16(23-17(22-15)19(4,5)6)21-14-7-9-24-20(12-14)8-10-25-13-20/h11,14H,7-10,12-13H2,1-6H3,(H,21,22,23). The summed E-state index contributed by atoms with van der Waals surface area (Å²) in [5.41, 5.74) is 1.15. The molecule has 2 aliphatic heterocycles. The average molecular weight is 364 g/mol. The first-order chi connectivity index (χ1) is 11.6. The van der Waals surface area contributed by atoms with Crippen LogP contribution in [0.5, 0.6) is 0 Å². The summed E-state index contributed by atoms with van der Waals surface area (Å²) in [6, 6.07) is 2.57. The number of nitrogens with zero attached hydrogens (tertiary/aromatic N) is 2. The molecular formula is C20H33N3OS. The van der Waals surface area contributed by atoms with Crippen molar-refractivity contribution in [3.05, 3.63) is 17.6 Å². The van der Waals surface area contributed by atoms with Gasteiger partial charge in [0.25, 0.3) is 0 Å². The third-order valence-corrected chi connectivity index (χ3v) is 6.30. The second-order valence-corrected chi connectivity index (χ2v) is 10.7. The summed E-state index contributed by atoms with van der Waals surface area (Å²) < 4.78 is 6.16. The monoisotopic (exact) mass is 363 g/mol. The van der Waals surface area contributed by atoms with Gasteiger partial charge in [-0.1, -0.05) is 41.5 Å². The van der Waals surface area contributed by atoms with Gasteiger partial charge in [-0.3, -0.25) is 0 Å². The van der Waals surface area contributed by atoms with Crippen LogP contribution in [0.2, 0.25) is 0 Å². The van der Waals surface area contributed by atoms with E-state index in [0.29, 0.717) is 6.04 Å². The molecule has 0 aromatic carbocycles. The molecule has 2 unspecified atom stereocenters. The summed E-state index contributed by atoms with van der Waals surface area (Å²) in [6.45, 7) is 14.0. The van der Waals surface area contributed by atoms with Gasteiger partial charge in [0.15, 0.2) is 0 Å². The molecule has 0 saturated carbocycles. The van der Waals surface area contributed by atoms with Crippen LogP contribution in [-0.2, 0) is 15.6 Å². The Balaban J connectivity index is 1.83. The Morgan fingerprint density at radius 2 is 1.92 bits per heavy atom. The van der Waals surface area contributed by atoms with E-state index in [4.69, 9.17) is 14.7 Å². The summed E-state index contributed by atoms with van der Waals surface area (Å²) in [4.78, 5) is 9.72. The lowest BCUT2D eigenvalue weighted by Crippen LogP contribution is -2.44. The summed E-state index contributed by atoms with van der Waals surface area (Å²) in [7, 11) is 0. The molecule has 1 aromatic heterocycles. The van der Waals surface area contributed by atoms with Gasteiger partial charge >= 0.3 is 0 Å². The third kappa shape index (κ3) is 4.48. The highest BCUT2D eigenvalue weighted by molar-refractivity contribution is 7.99. The van der Waals surface area contributed by atoms with Crippen molar-refractivity contribution in [2.24, 2.45) is 0 Å². The summed E-state index contributed by atoms with van der Waals surface area (Å²) >= 11 is 2.02. The molecule has 1 N–H and O–H groups in total. The zero-order chi connectivity index (χ0) is 18.3. The predicted molar refractivity (Wildman–Crippen MR) is 107 cm³/mol. The van der Waals surface area contributed by atoms with Crippen LogP contribution in [0.1, 0.15) is 72.3 Å². The fourth-order valence-corrected chi connectivity index (χ4v) is 4.84. The predicted octanol–water partition coefficient (Wildman–Crippen LogP) is 4.54. The highest BCUT2D eigenvalue weighted by atomic mass is 32.2. The molecule has 1 spiro atoms. The number of rotatable bonds is 2. The van der Waals surface area contributed by atoms with E-state index in [1.54, 1.807) is 0 Å². The first kappa shape index (κ1) is 19.0. The molecule has 2 aliphatic rings. The molecule has 0 radical (unpaired) electrons. The molecule has 140 valence electrons. The van der Waals surface area contributed by atoms with Gasteiger partial charge in [0.1, 0.15) is 11.6 Å². The Bertz CT molecular complexity index is 580.